The van der Waals surface area contributed by atoms with E-state index in [4.69, 9.17) is 0 Å². The molecule has 2 fully saturated rings. The minimum Gasteiger partial charge on any atom is -0.394 e. The minimum absolute atomic E-state index is 0.0937. The summed E-state index contributed by atoms with van der Waals surface area (Å²) < 4.78 is 0. The second-order valence-electron chi connectivity index (χ2n) is 7.45. The van der Waals surface area contributed by atoms with Gasteiger partial charge in [0.15, 0.2) is 0 Å². The highest BCUT2D eigenvalue weighted by atomic mass is 16.3. The van der Waals surface area contributed by atoms with Crippen LogP contribution in [0, 0.1) is 5.92 Å². The average molecular weight is 283 g/mol. The monoisotopic (exact) mass is 283 g/mol. The molecule has 2 aliphatic rings. The van der Waals surface area contributed by atoms with Crippen molar-refractivity contribution >= 4 is 0 Å². The lowest BCUT2D eigenvalue weighted by Gasteiger charge is -2.47. The van der Waals surface area contributed by atoms with E-state index in [0.717, 1.165) is 19.6 Å². The summed E-state index contributed by atoms with van der Waals surface area (Å²) in [5.41, 5.74) is -0.0937. The molecule has 1 saturated carbocycles. The van der Waals surface area contributed by atoms with Crippen molar-refractivity contribution in [1.82, 2.24) is 15.1 Å². The van der Waals surface area contributed by atoms with Crippen molar-refractivity contribution in [3.05, 3.63) is 0 Å². The van der Waals surface area contributed by atoms with Crippen LogP contribution in [-0.2, 0) is 0 Å². The van der Waals surface area contributed by atoms with Crippen LogP contribution in [0.15, 0.2) is 0 Å². The van der Waals surface area contributed by atoms with Gasteiger partial charge in [-0.2, -0.15) is 0 Å². The van der Waals surface area contributed by atoms with Crippen molar-refractivity contribution in [2.24, 2.45) is 5.92 Å². The van der Waals surface area contributed by atoms with Crippen LogP contribution in [0.4, 0.5) is 0 Å². The molecule has 1 saturated heterocycles. The molecule has 20 heavy (non-hydrogen) atoms. The predicted molar refractivity (Wildman–Crippen MR) is 83.9 cm³/mol. The van der Waals surface area contributed by atoms with Gasteiger partial charge in [-0.1, -0.05) is 13.8 Å². The lowest BCUT2D eigenvalue weighted by Crippen LogP contribution is -2.64. The maximum Gasteiger partial charge on any atom is 0.0628 e. The van der Waals surface area contributed by atoms with Crippen LogP contribution in [-0.4, -0.2) is 71.9 Å². The zero-order valence-corrected chi connectivity index (χ0v) is 13.9. The van der Waals surface area contributed by atoms with Gasteiger partial charge in [0.05, 0.1) is 12.1 Å². The number of hydrogen-bond donors (Lipinski definition) is 2. The molecule has 3 atom stereocenters. The first kappa shape index (κ1) is 16.2. The molecule has 4 heteroatoms. The molecule has 2 rings (SSSR count). The zero-order chi connectivity index (χ0) is 14.9. The molecule has 0 spiro atoms. The molecule has 4 nitrogen and oxygen atoms in total. The molecule has 0 aromatic rings. The number of aliphatic hydroxyl groups is 1. The number of piperazine rings is 1. The third-order valence-electron chi connectivity index (χ3n) is 5.16. The third-order valence-corrected chi connectivity index (χ3v) is 5.16. The number of nitrogens with one attached hydrogen (secondary N) is 1. The summed E-state index contributed by atoms with van der Waals surface area (Å²) in [5.74, 6) is 0.653. The van der Waals surface area contributed by atoms with E-state index in [2.05, 4.69) is 49.9 Å². The van der Waals surface area contributed by atoms with Crippen molar-refractivity contribution in [2.75, 3.05) is 33.3 Å². The molecule has 1 aliphatic heterocycles. The van der Waals surface area contributed by atoms with Crippen LogP contribution in [0.1, 0.15) is 40.5 Å². The summed E-state index contributed by atoms with van der Waals surface area (Å²) in [5, 5.41) is 13.7. The Morgan fingerprint density at radius 3 is 2.15 bits per heavy atom. The Balaban J connectivity index is 2.04. The van der Waals surface area contributed by atoms with Crippen molar-refractivity contribution < 1.29 is 5.11 Å². The first-order valence-corrected chi connectivity index (χ1v) is 8.21. The fourth-order valence-electron chi connectivity index (χ4n) is 3.77. The molecule has 118 valence electrons. The molecule has 1 aliphatic carbocycles. The van der Waals surface area contributed by atoms with E-state index in [0.29, 0.717) is 24.0 Å². The number of hydrogen-bond acceptors (Lipinski definition) is 4. The standard InChI is InChI=1S/C16H33N3O/c1-12(2)17-16(11-20,15-6-7-15)10-19-8-13(3)18(5)14(4)9-19/h12-15,17,20H,6-11H2,1-5H3. The maximum atomic E-state index is 10.1. The molecule has 0 amide bonds. The van der Waals surface area contributed by atoms with Gasteiger partial charge in [-0.25, -0.2) is 0 Å². The van der Waals surface area contributed by atoms with Crippen molar-refractivity contribution in [2.45, 2.75) is 64.2 Å². The van der Waals surface area contributed by atoms with Crippen LogP contribution < -0.4 is 5.32 Å². The first-order chi connectivity index (χ1) is 9.38. The number of rotatable bonds is 6. The summed E-state index contributed by atoms with van der Waals surface area (Å²) in [6.45, 7) is 12.4. The molecule has 1 heterocycles. The van der Waals surface area contributed by atoms with E-state index >= 15 is 0 Å². The number of aliphatic hydroxyl groups excluding tert-OH is 1. The van der Waals surface area contributed by atoms with E-state index in [-0.39, 0.29) is 12.1 Å². The predicted octanol–water partition coefficient (Wildman–Crippen LogP) is 1.15. The third kappa shape index (κ3) is 3.53. The SMILES string of the molecule is CC(C)NC(CO)(CN1CC(C)N(C)C(C)C1)C1CC1. The summed E-state index contributed by atoms with van der Waals surface area (Å²) in [6.07, 6.45) is 2.53. The molecule has 0 aromatic carbocycles. The quantitative estimate of drug-likeness (QED) is 0.767. The summed E-state index contributed by atoms with van der Waals surface area (Å²) in [6, 6.07) is 1.60. The lowest BCUT2D eigenvalue weighted by atomic mass is 9.91. The highest BCUT2D eigenvalue weighted by molar-refractivity contribution is 5.04. The smallest absolute Gasteiger partial charge is 0.0628 e. The van der Waals surface area contributed by atoms with Gasteiger partial charge >= 0.3 is 0 Å². The van der Waals surface area contributed by atoms with E-state index < -0.39 is 0 Å². The molecular weight excluding hydrogens is 250 g/mol. The van der Waals surface area contributed by atoms with Crippen LogP contribution in [0.5, 0.6) is 0 Å². The van der Waals surface area contributed by atoms with Crippen molar-refractivity contribution in [3.63, 3.8) is 0 Å². The minimum atomic E-state index is -0.0937. The van der Waals surface area contributed by atoms with Crippen LogP contribution in [0.25, 0.3) is 0 Å². The Kier molecular flexibility index (Phi) is 5.11. The molecule has 0 radical (unpaired) electrons. The highest BCUT2D eigenvalue weighted by Crippen LogP contribution is 2.40. The Morgan fingerprint density at radius 1 is 1.20 bits per heavy atom. The van der Waals surface area contributed by atoms with Gasteiger partial charge in [0.2, 0.25) is 0 Å². The van der Waals surface area contributed by atoms with E-state index in [1.165, 1.54) is 12.8 Å². The first-order valence-electron chi connectivity index (χ1n) is 8.21. The molecule has 2 N–H and O–H groups in total. The van der Waals surface area contributed by atoms with Crippen LogP contribution in [0.2, 0.25) is 0 Å². The fourth-order valence-corrected chi connectivity index (χ4v) is 3.77. The zero-order valence-electron chi connectivity index (χ0n) is 13.9. The summed E-state index contributed by atoms with van der Waals surface area (Å²) in [4.78, 5) is 5.02. The summed E-state index contributed by atoms with van der Waals surface area (Å²) in [7, 11) is 2.22. The van der Waals surface area contributed by atoms with Gasteiger partial charge in [0.1, 0.15) is 0 Å². The van der Waals surface area contributed by atoms with E-state index in [9.17, 15) is 5.11 Å². The maximum absolute atomic E-state index is 10.1. The van der Waals surface area contributed by atoms with Crippen molar-refractivity contribution in [1.29, 1.82) is 0 Å². The second-order valence-corrected chi connectivity index (χ2v) is 7.45. The van der Waals surface area contributed by atoms with Gasteiger partial charge in [-0.05, 0) is 39.7 Å². The second kappa shape index (κ2) is 6.30. The molecule has 0 bridgehead atoms. The topological polar surface area (TPSA) is 38.7 Å². The van der Waals surface area contributed by atoms with Gasteiger partial charge in [0, 0.05) is 37.8 Å². The highest BCUT2D eigenvalue weighted by Gasteiger charge is 2.46. The van der Waals surface area contributed by atoms with Gasteiger partial charge in [-0.3, -0.25) is 9.80 Å². The summed E-state index contributed by atoms with van der Waals surface area (Å²) >= 11 is 0. The Morgan fingerprint density at radius 2 is 1.75 bits per heavy atom. The molecular formula is C16H33N3O. The van der Waals surface area contributed by atoms with Gasteiger partial charge in [0.25, 0.3) is 0 Å². The number of nitrogens with zero attached hydrogens (tertiary/aromatic N) is 2. The normalized spacial score (nSPS) is 32.5. The van der Waals surface area contributed by atoms with Crippen LogP contribution in [0.3, 0.4) is 0 Å². The number of likely N-dealkylation sites (N-methyl/N-ethyl adjacent to an activating group) is 1. The Hall–Kier alpha value is -0.160. The van der Waals surface area contributed by atoms with Crippen LogP contribution >= 0.6 is 0 Å². The lowest BCUT2D eigenvalue weighted by molar-refractivity contribution is 0.0192. The molecule has 0 aromatic heterocycles. The Labute approximate surface area is 124 Å². The van der Waals surface area contributed by atoms with E-state index in [1.54, 1.807) is 0 Å². The van der Waals surface area contributed by atoms with Gasteiger partial charge in [-0.15, -0.1) is 0 Å². The average Bonchev–Trinajstić information content (AvgIpc) is 3.18. The van der Waals surface area contributed by atoms with Gasteiger partial charge < -0.3 is 10.4 Å². The van der Waals surface area contributed by atoms with E-state index in [1.807, 2.05) is 0 Å². The largest absolute Gasteiger partial charge is 0.394 e. The van der Waals surface area contributed by atoms with Crippen molar-refractivity contribution in [3.8, 4) is 0 Å². The fraction of sp³-hybridized carbons (Fsp3) is 1.00. The molecule has 3 unspecified atom stereocenters. The Bertz CT molecular complexity index is 307.